The summed E-state index contributed by atoms with van der Waals surface area (Å²) in [7, 11) is 0.673. The molecule has 0 saturated carbocycles. The molecule has 0 N–H and O–H groups in total. The monoisotopic (exact) mass is 349 g/mol. The maximum atomic E-state index is 8.01. The van der Waals surface area contributed by atoms with Crippen molar-refractivity contribution in [1.29, 1.82) is 0 Å². The molecule has 1 nitrogen and oxygen atoms in total. The van der Waals surface area contributed by atoms with E-state index >= 15 is 0 Å². The number of nitrogens with zero attached hydrogens (tertiary/aromatic N) is 1. The first-order valence-electron chi connectivity index (χ1n) is 10.2. The lowest BCUT2D eigenvalue weighted by atomic mass is 9.93. The second-order valence-corrected chi connectivity index (χ2v) is 12.8. The summed E-state index contributed by atoms with van der Waals surface area (Å²) in [5.74, 6) is 0. The normalized spacial score (nSPS) is 13.9. The van der Waals surface area contributed by atoms with Crippen molar-refractivity contribution in [3.05, 3.63) is 71.9 Å². The molecule has 3 rings (SSSR count). The van der Waals surface area contributed by atoms with E-state index < -0.39 is 14.9 Å². The van der Waals surface area contributed by atoms with Crippen LogP contribution < -0.4 is 9.75 Å². The fourth-order valence-corrected chi connectivity index (χ4v) is 4.34. The van der Waals surface area contributed by atoms with Crippen LogP contribution in [0.5, 0.6) is 0 Å². The predicted molar refractivity (Wildman–Crippen MR) is 111 cm³/mol. The first-order chi connectivity index (χ1) is 13.0. The number of aromatic nitrogens is 1. The molecule has 3 aromatic rings. The van der Waals surface area contributed by atoms with Gasteiger partial charge in [-0.05, 0) is 42.1 Å². The van der Waals surface area contributed by atoms with Crippen molar-refractivity contribution >= 4 is 13.3 Å². The summed E-state index contributed by atoms with van der Waals surface area (Å²) in [6.07, 6.45) is 2.22. The molecule has 0 fully saturated rings. The highest BCUT2D eigenvalue weighted by Crippen LogP contribution is 2.30. The lowest BCUT2D eigenvalue weighted by Crippen LogP contribution is -2.44. The molecular formula is C23H28NSi+. The number of benzene rings is 2. The van der Waals surface area contributed by atoms with Crippen LogP contribution in [0, 0.1) is 13.8 Å². The Bertz CT molecular complexity index is 1000. The van der Waals surface area contributed by atoms with E-state index in [-0.39, 0.29) is 0 Å². The minimum Gasteiger partial charge on any atom is -0.201 e. The Kier molecular flexibility index (Phi) is 3.71. The molecule has 0 radical (unpaired) electrons. The van der Waals surface area contributed by atoms with E-state index in [1.54, 1.807) is 0 Å². The van der Waals surface area contributed by atoms with Crippen molar-refractivity contribution in [3.8, 4) is 22.4 Å². The molecule has 0 aliphatic carbocycles. The van der Waals surface area contributed by atoms with E-state index in [0.717, 1.165) is 27.9 Å². The topological polar surface area (TPSA) is 3.88 Å². The van der Waals surface area contributed by atoms with Crippen molar-refractivity contribution in [2.75, 3.05) is 0 Å². The minimum absolute atomic E-state index is 0.404. The molecule has 0 spiro atoms. The number of hydrogen-bond acceptors (Lipinski definition) is 0. The van der Waals surface area contributed by atoms with Crippen LogP contribution in [0.15, 0.2) is 60.8 Å². The first kappa shape index (κ1) is 14.0. The second-order valence-electron chi connectivity index (χ2n) is 7.74. The molecule has 0 bridgehead atoms. The first-order valence-corrected chi connectivity index (χ1v) is 12.2. The summed E-state index contributed by atoms with van der Waals surface area (Å²) in [5.41, 5.74) is 5.24. The van der Waals surface area contributed by atoms with Gasteiger partial charge in [0, 0.05) is 20.9 Å². The van der Waals surface area contributed by atoms with Gasteiger partial charge in [-0.25, -0.2) is 4.57 Å². The van der Waals surface area contributed by atoms with Crippen LogP contribution in [0.1, 0.15) is 15.2 Å². The van der Waals surface area contributed by atoms with Crippen LogP contribution in [0.4, 0.5) is 0 Å². The summed E-state index contributed by atoms with van der Waals surface area (Å²) < 4.78 is 26.2. The molecule has 2 heteroatoms. The number of pyridine rings is 1. The Hall–Kier alpha value is -2.19. The Labute approximate surface area is 157 Å². The van der Waals surface area contributed by atoms with Gasteiger partial charge in [0.15, 0.2) is 6.20 Å². The highest BCUT2D eigenvalue weighted by atomic mass is 28.3. The minimum atomic E-state index is -2.15. The average molecular weight is 350 g/mol. The van der Waals surface area contributed by atoms with Crippen LogP contribution in [-0.2, 0) is 7.05 Å². The summed E-state index contributed by atoms with van der Waals surface area (Å²) in [6.45, 7) is 6.85. The van der Waals surface area contributed by atoms with Gasteiger partial charge in [0.2, 0.25) is 5.69 Å². The molecule has 0 aliphatic heterocycles. The van der Waals surface area contributed by atoms with Crippen molar-refractivity contribution in [1.82, 2.24) is 0 Å². The van der Waals surface area contributed by atoms with Gasteiger partial charge in [0.1, 0.15) is 7.05 Å². The van der Waals surface area contributed by atoms with Crippen LogP contribution >= 0.6 is 0 Å². The van der Waals surface area contributed by atoms with Crippen LogP contribution in [0.2, 0.25) is 19.6 Å². The Balaban J connectivity index is 2.24. The second kappa shape index (κ2) is 6.60. The maximum Gasteiger partial charge on any atom is 0.212 e. The van der Waals surface area contributed by atoms with Gasteiger partial charge in [-0.2, -0.15) is 0 Å². The third-order valence-corrected chi connectivity index (χ3v) is 6.75. The van der Waals surface area contributed by atoms with E-state index in [4.69, 9.17) is 4.11 Å². The fourth-order valence-electron chi connectivity index (χ4n) is 3.17. The standard InChI is InChI=1S/C23H28NSi/c1-17-14-18(2)22(15-21(17)19-10-8-7-9-11-19)23-13-12-20(16-24(23)3)25(4,5)6/h7-16H,1-6H3/q+1/i1D3. The summed E-state index contributed by atoms with van der Waals surface area (Å²) >= 11 is 0. The highest BCUT2D eigenvalue weighted by Gasteiger charge is 2.22. The number of hydrogen-bond donors (Lipinski definition) is 0. The molecule has 1 aromatic heterocycles. The van der Waals surface area contributed by atoms with Gasteiger partial charge in [-0.3, -0.25) is 0 Å². The summed E-state index contributed by atoms with van der Waals surface area (Å²) in [4.78, 5) is 0. The average Bonchev–Trinajstić information content (AvgIpc) is 2.61. The molecule has 0 unspecified atom stereocenters. The molecule has 2 aromatic carbocycles. The lowest BCUT2D eigenvalue weighted by Gasteiger charge is -2.16. The number of rotatable bonds is 3. The van der Waals surface area contributed by atoms with E-state index in [0.29, 0.717) is 5.56 Å². The van der Waals surface area contributed by atoms with Gasteiger partial charge in [0.25, 0.3) is 0 Å². The maximum absolute atomic E-state index is 8.01. The fraction of sp³-hybridized carbons (Fsp3) is 0.261. The zero-order chi connectivity index (χ0) is 20.7. The van der Waals surface area contributed by atoms with Crippen LogP contribution in [-0.4, -0.2) is 8.07 Å². The third-order valence-electron chi connectivity index (χ3n) is 4.72. The molecule has 0 saturated heterocycles. The van der Waals surface area contributed by atoms with E-state index in [2.05, 4.69) is 49.6 Å². The Morgan fingerprint density at radius 1 is 0.880 bits per heavy atom. The van der Waals surface area contributed by atoms with Crippen molar-refractivity contribution in [3.63, 3.8) is 0 Å². The SMILES string of the molecule is [2H]C([2H])([2H])c1cc(C)c(-c2ccc([Si](C)(C)C)c[n+]2C)cc1-c1ccccc1. The molecule has 128 valence electrons. The van der Waals surface area contributed by atoms with Crippen LogP contribution in [0.25, 0.3) is 22.4 Å². The quantitative estimate of drug-likeness (QED) is 0.462. The van der Waals surface area contributed by atoms with Gasteiger partial charge in [-0.15, -0.1) is 0 Å². The molecule has 1 heterocycles. The molecule has 0 amide bonds. The summed E-state index contributed by atoms with van der Waals surface area (Å²) in [5, 5.41) is 1.40. The van der Waals surface area contributed by atoms with E-state index in [1.165, 1.54) is 5.19 Å². The van der Waals surface area contributed by atoms with Crippen molar-refractivity contribution in [2.45, 2.75) is 33.4 Å². The number of aryl methyl sites for hydroxylation is 3. The van der Waals surface area contributed by atoms with Gasteiger partial charge >= 0.3 is 0 Å². The lowest BCUT2D eigenvalue weighted by molar-refractivity contribution is -0.659. The third kappa shape index (κ3) is 3.59. The van der Waals surface area contributed by atoms with Gasteiger partial charge < -0.3 is 0 Å². The van der Waals surface area contributed by atoms with Crippen LogP contribution in [0.3, 0.4) is 0 Å². The predicted octanol–water partition coefficient (Wildman–Crippen LogP) is 5.01. The Morgan fingerprint density at radius 3 is 2.20 bits per heavy atom. The molecule has 0 atom stereocenters. The van der Waals surface area contributed by atoms with Gasteiger partial charge in [-0.1, -0.05) is 62.1 Å². The van der Waals surface area contributed by atoms with Gasteiger partial charge in [0.05, 0.1) is 8.07 Å². The van der Waals surface area contributed by atoms with Crippen molar-refractivity contribution in [2.24, 2.45) is 7.05 Å². The largest absolute Gasteiger partial charge is 0.212 e. The Morgan fingerprint density at radius 2 is 1.60 bits per heavy atom. The molecule has 25 heavy (non-hydrogen) atoms. The highest BCUT2D eigenvalue weighted by molar-refractivity contribution is 6.88. The molecule has 0 aliphatic rings. The van der Waals surface area contributed by atoms with E-state index in [1.807, 2.05) is 49.4 Å². The molecular weight excluding hydrogens is 318 g/mol. The smallest absolute Gasteiger partial charge is 0.201 e. The zero-order valence-electron chi connectivity index (χ0n) is 18.7. The van der Waals surface area contributed by atoms with E-state index in [9.17, 15) is 0 Å². The van der Waals surface area contributed by atoms with Crippen molar-refractivity contribution < 1.29 is 8.68 Å². The zero-order valence-corrected chi connectivity index (χ0v) is 16.7. The summed E-state index contributed by atoms with van der Waals surface area (Å²) in [6, 6.07) is 18.0.